The quantitative estimate of drug-likeness (QED) is 0.265. The number of hydrogen-bond donors (Lipinski definition) is 0. The number of ether oxygens (including phenoxy) is 2. The molecule has 1 unspecified atom stereocenters. The summed E-state index contributed by atoms with van der Waals surface area (Å²) < 4.78 is 21.0. The number of nitrogens with zero attached hydrogens (tertiary/aromatic N) is 3. The number of hydrogen-bond acceptors (Lipinski definition) is 6. The Bertz CT molecular complexity index is 632. The van der Waals surface area contributed by atoms with Crippen LogP contribution in [0.25, 0.3) is 5.57 Å². The summed E-state index contributed by atoms with van der Waals surface area (Å²) in [6, 6.07) is 0. The number of carbonyl (C=O) groups excluding carboxylic acids is 1. The Labute approximate surface area is 173 Å². The van der Waals surface area contributed by atoms with Crippen molar-refractivity contribution in [3.05, 3.63) is 11.8 Å². The monoisotopic (exact) mass is 410 g/mol. The largest absolute Gasteiger partial charge is 0.475 e. The Hall–Kier alpha value is -1.47. The summed E-state index contributed by atoms with van der Waals surface area (Å²) in [7, 11) is 2.14. The lowest BCUT2D eigenvalue weighted by Gasteiger charge is -2.36. The molecule has 1 aliphatic rings. The van der Waals surface area contributed by atoms with E-state index in [0.29, 0.717) is 30.1 Å². The third kappa shape index (κ3) is 7.51. The van der Waals surface area contributed by atoms with Crippen LogP contribution in [-0.4, -0.2) is 52.7 Å². The Kier molecular flexibility index (Phi) is 9.92. The second-order valence-corrected chi connectivity index (χ2v) is 8.48. The molecule has 0 fully saturated rings. The molecule has 0 bridgehead atoms. The highest BCUT2D eigenvalue weighted by Crippen LogP contribution is 2.30. The maximum Gasteiger partial charge on any atom is 0.310 e. The van der Waals surface area contributed by atoms with E-state index in [4.69, 9.17) is 9.47 Å². The van der Waals surface area contributed by atoms with Crippen molar-refractivity contribution in [1.29, 1.82) is 0 Å². The first kappa shape index (κ1) is 22.8. The van der Waals surface area contributed by atoms with E-state index in [9.17, 15) is 4.79 Å². The number of aromatic nitrogens is 2. The van der Waals surface area contributed by atoms with Gasteiger partial charge in [0.05, 0.1) is 31.9 Å². The molecule has 1 atom stereocenters. The van der Waals surface area contributed by atoms with Crippen LogP contribution in [0.15, 0.2) is 6.08 Å². The molecule has 0 saturated heterocycles. The van der Waals surface area contributed by atoms with Gasteiger partial charge in [0.2, 0.25) is 6.73 Å². The lowest BCUT2D eigenvalue weighted by Crippen LogP contribution is -2.49. The maximum atomic E-state index is 12.0. The molecule has 0 radical (unpaired) electrons. The molecule has 0 amide bonds. The Morgan fingerprint density at radius 2 is 1.93 bits per heavy atom. The Balaban J connectivity index is 1.86. The summed E-state index contributed by atoms with van der Waals surface area (Å²) in [6.07, 6.45) is 11.5. The molecule has 1 aromatic heterocycles. The lowest BCUT2D eigenvalue weighted by atomic mass is 10.1. The number of quaternary nitrogens is 1. The number of carbonyl (C=O) groups is 1. The maximum absolute atomic E-state index is 12.0. The number of rotatable bonds is 13. The van der Waals surface area contributed by atoms with Crippen LogP contribution in [0.5, 0.6) is 5.88 Å². The zero-order chi connectivity index (χ0) is 20.2. The minimum atomic E-state index is -0.0877. The van der Waals surface area contributed by atoms with Gasteiger partial charge in [-0.1, -0.05) is 52.0 Å². The van der Waals surface area contributed by atoms with Gasteiger partial charge in [-0.25, -0.2) is 0 Å². The van der Waals surface area contributed by atoms with Crippen molar-refractivity contribution in [2.24, 2.45) is 0 Å². The van der Waals surface area contributed by atoms with Crippen molar-refractivity contribution < 1.29 is 18.8 Å². The highest BCUT2D eigenvalue weighted by atomic mass is 32.1. The molecule has 2 heterocycles. The van der Waals surface area contributed by atoms with Gasteiger partial charge in [-0.15, -0.1) is 4.37 Å². The van der Waals surface area contributed by atoms with E-state index in [1.807, 2.05) is 0 Å². The van der Waals surface area contributed by atoms with Crippen molar-refractivity contribution in [2.75, 3.05) is 33.5 Å². The predicted molar refractivity (Wildman–Crippen MR) is 113 cm³/mol. The minimum Gasteiger partial charge on any atom is -0.475 e. The first-order valence-corrected chi connectivity index (χ1v) is 11.4. The molecule has 2 rings (SSSR count). The van der Waals surface area contributed by atoms with Gasteiger partial charge in [0.1, 0.15) is 12.2 Å². The van der Waals surface area contributed by atoms with Crippen molar-refractivity contribution in [3.63, 3.8) is 0 Å². The molecule has 0 N–H and O–H groups in total. The first-order chi connectivity index (χ1) is 13.6. The van der Waals surface area contributed by atoms with Gasteiger partial charge in [-0.3, -0.25) is 9.28 Å². The molecule has 158 valence electrons. The SMILES string of the molecule is CCCCCCOc1nsnc1C1=CCC[N+](C)(COC(=O)CCCCC)C1. The summed E-state index contributed by atoms with van der Waals surface area (Å²) in [5.74, 6) is 0.563. The van der Waals surface area contributed by atoms with Crippen LogP contribution in [0, 0.1) is 0 Å². The van der Waals surface area contributed by atoms with Crippen LogP contribution in [0.4, 0.5) is 0 Å². The van der Waals surface area contributed by atoms with Crippen LogP contribution in [0.1, 0.15) is 77.3 Å². The predicted octanol–water partition coefficient (Wildman–Crippen LogP) is 4.81. The van der Waals surface area contributed by atoms with E-state index < -0.39 is 0 Å². The van der Waals surface area contributed by atoms with E-state index in [0.717, 1.165) is 56.5 Å². The first-order valence-electron chi connectivity index (χ1n) is 10.7. The van der Waals surface area contributed by atoms with Crippen molar-refractivity contribution in [2.45, 2.75) is 71.6 Å². The van der Waals surface area contributed by atoms with Crippen molar-refractivity contribution in [1.82, 2.24) is 8.75 Å². The molecule has 0 aliphatic carbocycles. The smallest absolute Gasteiger partial charge is 0.310 e. The minimum absolute atomic E-state index is 0.0877. The fraction of sp³-hybridized carbons (Fsp3) is 0.762. The van der Waals surface area contributed by atoms with Gasteiger partial charge in [-0.2, -0.15) is 4.37 Å². The Morgan fingerprint density at radius 1 is 1.14 bits per heavy atom. The average molecular weight is 411 g/mol. The van der Waals surface area contributed by atoms with Crippen molar-refractivity contribution in [3.8, 4) is 5.88 Å². The molecule has 0 spiro atoms. The van der Waals surface area contributed by atoms with E-state index in [-0.39, 0.29) is 5.97 Å². The summed E-state index contributed by atoms with van der Waals surface area (Å²) >= 11 is 1.20. The third-order valence-electron chi connectivity index (χ3n) is 5.13. The molecular weight excluding hydrogens is 374 g/mol. The second kappa shape index (κ2) is 12.2. The van der Waals surface area contributed by atoms with Crippen LogP contribution in [0.3, 0.4) is 0 Å². The number of esters is 1. The molecule has 6 nitrogen and oxygen atoms in total. The number of likely N-dealkylation sites (N-methyl/N-ethyl adjacent to an activating group) is 1. The zero-order valence-corrected chi connectivity index (χ0v) is 18.6. The van der Waals surface area contributed by atoms with Gasteiger partial charge in [0, 0.05) is 18.4 Å². The van der Waals surface area contributed by atoms with Crippen LogP contribution >= 0.6 is 11.7 Å². The fourth-order valence-electron chi connectivity index (χ4n) is 3.38. The van der Waals surface area contributed by atoms with E-state index in [1.54, 1.807) is 0 Å². The van der Waals surface area contributed by atoms with E-state index in [1.165, 1.54) is 31.0 Å². The molecular formula is C21H36N3O3S+. The standard InChI is InChI=1S/C21H36N3O3S/c1-4-6-8-10-15-26-21-20(22-28-23-21)18-12-11-14-24(3,16-18)17-27-19(25)13-9-7-5-2/h12H,4-11,13-17H2,1-3H3/q+1. The normalized spacial score (nSPS) is 19.3. The van der Waals surface area contributed by atoms with E-state index >= 15 is 0 Å². The highest BCUT2D eigenvalue weighted by molar-refractivity contribution is 6.99. The summed E-state index contributed by atoms with van der Waals surface area (Å²) in [5, 5.41) is 0. The van der Waals surface area contributed by atoms with Crippen molar-refractivity contribution >= 4 is 23.3 Å². The van der Waals surface area contributed by atoms with Gasteiger partial charge in [0.15, 0.2) is 0 Å². The van der Waals surface area contributed by atoms with Gasteiger partial charge in [0.25, 0.3) is 5.88 Å². The molecule has 1 aromatic rings. The highest BCUT2D eigenvalue weighted by Gasteiger charge is 2.31. The van der Waals surface area contributed by atoms with Gasteiger partial charge >= 0.3 is 5.97 Å². The van der Waals surface area contributed by atoms with Gasteiger partial charge < -0.3 is 9.47 Å². The molecule has 28 heavy (non-hydrogen) atoms. The zero-order valence-electron chi connectivity index (χ0n) is 17.7. The van der Waals surface area contributed by atoms with Crippen LogP contribution in [-0.2, 0) is 9.53 Å². The van der Waals surface area contributed by atoms with E-state index in [2.05, 4.69) is 35.7 Å². The topological polar surface area (TPSA) is 61.3 Å². The lowest BCUT2D eigenvalue weighted by molar-refractivity contribution is -0.919. The van der Waals surface area contributed by atoms with Crippen LogP contribution in [0.2, 0.25) is 0 Å². The second-order valence-electron chi connectivity index (χ2n) is 7.95. The summed E-state index contributed by atoms with van der Waals surface area (Å²) in [5.41, 5.74) is 2.01. The number of unbranched alkanes of at least 4 members (excludes halogenated alkanes) is 5. The van der Waals surface area contributed by atoms with Gasteiger partial charge in [-0.05, 0) is 12.8 Å². The fourth-order valence-corrected chi connectivity index (χ4v) is 3.91. The molecule has 1 aliphatic heterocycles. The molecule has 0 saturated carbocycles. The summed E-state index contributed by atoms with van der Waals surface area (Å²) in [6.45, 7) is 7.17. The molecule has 0 aromatic carbocycles. The Morgan fingerprint density at radius 3 is 2.71 bits per heavy atom. The van der Waals surface area contributed by atoms with Crippen LogP contribution < -0.4 is 4.74 Å². The third-order valence-corrected chi connectivity index (χ3v) is 5.64. The summed E-state index contributed by atoms with van der Waals surface area (Å²) in [4.78, 5) is 12.0. The average Bonchev–Trinajstić information content (AvgIpc) is 3.15. The molecule has 7 heteroatoms.